The molecule has 29 heavy (non-hydrogen) atoms. The van der Waals surface area contributed by atoms with Gasteiger partial charge in [0.05, 0.1) is 26.4 Å². The van der Waals surface area contributed by atoms with E-state index in [0.717, 1.165) is 16.3 Å². The predicted octanol–water partition coefficient (Wildman–Crippen LogP) is 3.03. The molecule has 6 nitrogen and oxygen atoms in total. The van der Waals surface area contributed by atoms with Gasteiger partial charge in [-0.2, -0.15) is 0 Å². The Morgan fingerprint density at radius 3 is 2.10 bits per heavy atom. The van der Waals surface area contributed by atoms with Gasteiger partial charge < -0.3 is 29.2 Å². The molecule has 0 fully saturated rings. The largest absolute Gasteiger partial charge is 0.491 e. The molecule has 0 aliphatic rings. The van der Waals surface area contributed by atoms with Crippen molar-refractivity contribution in [1.29, 1.82) is 0 Å². The minimum atomic E-state index is -0.706. The number of aryl methyl sites for hydroxylation is 1. The first-order chi connectivity index (χ1) is 14.0. The first-order valence-corrected chi connectivity index (χ1v) is 9.57. The number of aliphatic hydroxyl groups excluding tert-OH is 2. The normalized spacial score (nSPS) is 13.1. The van der Waals surface area contributed by atoms with Gasteiger partial charge in [-0.1, -0.05) is 24.3 Å². The molecule has 0 aliphatic heterocycles. The van der Waals surface area contributed by atoms with Gasteiger partial charge in [-0.25, -0.2) is 0 Å². The van der Waals surface area contributed by atoms with Gasteiger partial charge in [-0.15, -0.1) is 13.2 Å². The van der Waals surface area contributed by atoms with E-state index in [2.05, 4.69) is 13.2 Å². The first kappa shape index (κ1) is 22.9. The van der Waals surface area contributed by atoms with Gasteiger partial charge in [0.25, 0.3) is 0 Å². The third-order valence-corrected chi connectivity index (χ3v) is 4.18. The van der Waals surface area contributed by atoms with Crippen LogP contribution in [0.1, 0.15) is 5.56 Å². The second-order valence-electron chi connectivity index (χ2n) is 6.65. The maximum absolute atomic E-state index is 9.91. The molecule has 0 radical (unpaired) electrons. The maximum atomic E-state index is 9.91. The van der Waals surface area contributed by atoms with E-state index in [1.807, 2.05) is 37.3 Å². The van der Waals surface area contributed by atoms with Crippen LogP contribution in [-0.2, 0) is 9.47 Å². The Hall–Kier alpha value is -2.38. The number of rotatable bonds is 14. The SMILES string of the molecule is C=CCOCC(O)COc1ccc2c(C)c(OCC(O)COCC=C)ccc2c1. The topological polar surface area (TPSA) is 77.4 Å². The van der Waals surface area contributed by atoms with E-state index in [1.54, 1.807) is 12.2 Å². The lowest BCUT2D eigenvalue weighted by molar-refractivity contribution is 0.0212. The fourth-order valence-corrected chi connectivity index (χ4v) is 2.74. The molecule has 2 N–H and O–H groups in total. The molecule has 2 aromatic carbocycles. The lowest BCUT2D eigenvalue weighted by Crippen LogP contribution is -2.23. The summed E-state index contributed by atoms with van der Waals surface area (Å²) in [4.78, 5) is 0. The predicted molar refractivity (Wildman–Crippen MR) is 114 cm³/mol. The van der Waals surface area contributed by atoms with Crippen LogP contribution in [0.5, 0.6) is 11.5 Å². The van der Waals surface area contributed by atoms with Crippen LogP contribution < -0.4 is 9.47 Å². The van der Waals surface area contributed by atoms with E-state index in [4.69, 9.17) is 18.9 Å². The lowest BCUT2D eigenvalue weighted by atomic mass is 10.0. The molecule has 0 bridgehead atoms. The summed E-state index contributed by atoms with van der Waals surface area (Å²) in [5.41, 5.74) is 0.978. The van der Waals surface area contributed by atoms with Crippen molar-refractivity contribution < 1.29 is 29.2 Å². The first-order valence-electron chi connectivity index (χ1n) is 9.57. The molecule has 6 heteroatoms. The van der Waals surface area contributed by atoms with Crippen molar-refractivity contribution in [2.45, 2.75) is 19.1 Å². The molecule has 0 saturated heterocycles. The van der Waals surface area contributed by atoms with Crippen LogP contribution in [0.25, 0.3) is 10.8 Å². The zero-order valence-electron chi connectivity index (χ0n) is 16.9. The maximum Gasteiger partial charge on any atom is 0.122 e. The van der Waals surface area contributed by atoms with Crippen LogP contribution in [0.15, 0.2) is 55.6 Å². The minimum Gasteiger partial charge on any atom is -0.491 e. The number of fused-ring (bicyclic) bond motifs is 1. The van der Waals surface area contributed by atoms with Gasteiger partial charge in [0.1, 0.15) is 36.9 Å². The lowest BCUT2D eigenvalue weighted by Gasteiger charge is -2.16. The highest BCUT2D eigenvalue weighted by Gasteiger charge is 2.10. The quantitative estimate of drug-likeness (QED) is 0.374. The van der Waals surface area contributed by atoms with Crippen molar-refractivity contribution in [3.8, 4) is 11.5 Å². The van der Waals surface area contributed by atoms with Crippen LogP contribution in [0.3, 0.4) is 0 Å². The summed E-state index contributed by atoms with van der Waals surface area (Å²) >= 11 is 0. The Balaban J connectivity index is 1.94. The fourth-order valence-electron chi connectivity index (χ4n) is 2.74. The van der Waals surface area contributed by atoms with Gasteiger partial charge in [0.15, 0.2) is 0 Å². The van der Waals surface area contributed by atoms with Crippen LogP contribution >= 0.6 is 0 Å². The molecule has 2 unspecified atom stereocenters. The van der Waals surface area contributed by atoms with E-state index in [0.29, 0.717) is 24.7 Å². The summed E-state index contributed by atoms with van der Waals surface area (Å²) in [5.74, 6) is 1.38. The zero-order valence-corrected chi connectivity index (χ0v) is 16.9. The molecule has 0 saturated carbocycles. The van der Waals surface area contributed by atoms with Crippen molar-refractivity contribution in [2.75, 3.05) is 39.6 Å². The third kappa shape index (κ3) is 7.51. The Kier molecular flexibility index (Phi) is 9.67. The summed E-state index contributed by atoms with van der Waals surface area (Å²) in [6.07, 6.45) is 1.86. The summed E-state index contributed by atoms with van der Waals surface area (Å²) < 4.78 is 21.8. The van der Waals surface area contributed by atoms with E-state index in [1.165, 1.54) is 0 Å². The van der Waals surface area contributed by atoms with Crippen molar-refractivity contribution in [3.05, 3.63) is 61.2 Å². The third-order valence-electron chi connectivity index (χ3n) is 4.18. The molecule has 0 aliphatic carbocycles. The fraction of sp³-hybridized carbons (Fsp3) is 0.391. The Bertz CT molecular complexity index is 788. The molecule has 0 amide bonds. The monoisotopic (exact) mass is 402 g/mol. The number of aliphatic hydroxyl groups is 2. The van der Waals surface area contributed by atoms with Crippen LogP contribution in [0, 0.1) is 6.92 Å². The number of hydrogen-bond acceptors (Lipinski definition) is 6. The molecule has 0 aromatic heterocycles. The molecule has 2 atom stereocenters. The minimum absolute atomic E-state index is 0.147. The summed E-state index contributed by atoms with van der Waals surface area (Å²) in [7, 11) is 0. The van der Waals surface area contributed by atoms with Crippen molar-refractivity contribution in [3.63, 3.8) is 0 Å². The molecule has 2 rings (SSSR count). The summed E-state index contributed by atoms with van der Waals surface area (Å²) in [5, 5.41) is 21.8. The highest BCUT2D eigenvalue weighted by molar-refractivity contribution is 5.88. The van der Waals surface area contributed by atoms with Crippen LogP contribution in [0.2, 0.25) is 0 Å². The van der Waals surface area contributed by atoms with E-state index < -0.39 is 12.2 Å². The van der Waals surface area contributed by atoms with Crippen LogP contribution in [-0.4, -0.2) is 62.1 Å². The van der Waals surface area contributed by atoms with Gasteiger partial charge >= 0.3 is 0 Å². The summed E-state index contributed by atoms with van der Waals surface area (Å²) in [6, 6.07) is 9.54. The highest BCUT2D eigenvalue weighted by atomic mass is 16.5. The molecule has 0 spiro atoms. The van der Waals surface area contributed by atoms with Crippen molar-refractivity contribution in [2.24, 2.45) is 0 Å². The molecule has 0 heterocycles. The summed E-state index contributed by atoms with van der Waals surface area (Å²) in [6.45, 7) is 10.6. The van der Waals surface area contributed by atoms with Gasteiger partial charge in [0, 0.05) is 0 Å². The van der Waals surface area contributed by atoms with E-state index in [9.17, 15) is 10.2 Å². The molecule has 2 aromatic rings. The van der Waals surface area contributed by atoms with Crippen molar-refractivity contribution >= 4 is 10.8 Å². The van der Waals surface area contributed by atoms with E-state index in [-0.39, 0.29) is 26.4 Å². The number of ether oxygens (including phenoxy) is 4. The van der Waals surface area contributed by atoms with Gasteiger partial charge in [-0.3, -0.25) is 0 Å². The molecular formula is C23H30O6. The number of benzene rings is 2. The smallest absolute Gasteiger partial charge is 0.122 e. The van der Waals surface area contributed by atoms with Gasteiger partial charge in [0.2, 0.25) is 0 Å². The second kappa shape index (κ2) is 12.2. The van der Waals surface area contributed by atoms with Gasteiger partial charge in [-0.05, 0) is 41.5 Å². The highest BCUT2D eigenvalue weighted by Crippen LogP contribution is 2.30. The zero-order chi connectivity index (χ0) is 21.1. The van der Waals surface area contributed by atoms with E-state index >= 15 is 0 Å². The standard InChI is InChI=1S/C23H30O6/c1-4-10-26-13-19(24)15-28-21-7-8-22-17(3)23(9-6-18(22)12-21)29-16-20(25)14-27-11-5-2/h4-9,12,19-20,24-25H,1-2,10-11,13-16H2,3H3. The second-order valence-corrected chi connectivity index (χ2v) is 6.65. The number of hydrogen-bond donors (Lipinski definition) is 2. The molecular weight excluding hydrogens is 372 g/mol. The average molecular weight is 402 g/mol. The Morgan fingerprint density at radius 2 is 1.48 bits per heavy atom. The Morgan fingerprint density at radius 1 is 0.862 bits per heavy atom. The average Bonchev–Trinajstić information content (AvgIpc) is 2.72. The van der Waals surface area contributed by atoms with Crippen LogP contribution in [0.4, 0.5) is 0 Å². The van der Waals surface area contributed by atoms with Crippen molar-refractivity contribution in [1.82, 2.24) is 0 Å². The Labute approximate surface area is 172 Å². The molecule has 158 valence electrons.